The number of hydrogen-bond donors (Lipinski definition) is 4. The van der Waals surface area contributed by atoms with E-state index in [1.165, 1.54) is 12.1 Å². The molecule has 0 bridgehead atoms. The zero-order chi connectivity index (χ0) is 26.8. The van der Waals surface area contributed by atoms with Crippen LogP contribution in [0.2, 0.25) is 0 Å². The third-order valence-electron chi connectivity index (χ3n) is 6.06. The van der Waals surface area contributed by atoms with E-state index in [0.29, 0.717) is 40.2 Å². The number of hydrogen-bond acceptors (Lipinski definition) is 6. The van der Waals surface area contributed by atoms with E-state index in [1.54, 1.807) is 49.1 Å². The SMILES string of the molecule is CC(C)CC(=O)Nc1cncc(-c2ccc(N)c(C(=N)c3nc4c(-c5ccc(F)cc5)cncc4[nH]3)c2)c1. The maximum Gasteiger partial charge on any atom is 0.224 e. The summed E-state index contributed by atoms with van der Waals surface area (Å²) in [5, 5.41) is 11.8. The van der Waals surface area contributed by atoms with Gasteiger partial charge in [0.05, 0.1) is 29.1 Å². The minimum atomic E-state index is -0.326. The predicted octanol–water partition coefficient (Wildman–Crippen LogP) is 5.81. The third kappa shape index (κ3) is 5.12. The van der Waals surface area contributed by atoms with Crippen LogP contribution in [0.3, 0.4) is 0 Å². The Balaban J connectivity index is 1.47. The Labute approximate surface area is 218 Å². The third-order valence-corrected chi connectivity index (χ3v) is 6.06. The summed E-state index contributed by atoms with van der Waals surface area (Å²) < 4.78 is 13.4. The van der Waals surface area contributed by atoms with E-state index in [9.17, 15) is 9.18 Å². The van der Waals surface area contributed by atoms with Gasteiger partial charge in [-0.15, -0.1) is 0 Å². The zero-order valence-electron chi connectivity index (χ0n) is 20.9. The Bertz CT molecular complexity index is 1660. The Hall–Kier alpha value is -4.92. The Morgan fingerprint density at radius 2 is 1.74 bits per heavy atom. The molecule has 2 aromatic carbocycles. The molecule has 5 rings (SSSR count). The monoisotopic (exact) mass is 507 g/mol. The number of rotatable bonds is 7. The Morgan fingerprint density at radius 1 is 1.00 bits per heavy atom. The van der Waals surface area contributed by atoms with Gasteiger partial charge in [-0.2, -0.15) is 0 Å². The van der Waals surface area contributed by atoms with Crippen molar-refractivity contribution in [3.05, 3.63) is 90.5 Å². The van der Waals surface area contributed by atoms with Gasteiger partial charge in [-0.3, -0.25) is 20.2 Å². The maximum absolute atomic E-state index is 13.4. The number of halogens is 1. The maximum atomic E-state index is 13.4. The molecule has 0 radical (unpaired) electrons. The van der Waals surface area contributed by atoms with Crippen LogP contribution < -0.4 is 11.1 Å². The van der Waals surface area contributed by atoms with Crippen molar-refractivity contribution in [2.45, 2.75) is 20.3 Å². The second-order valence-corrected chi connectivity index (χ2v) is 9.46. The van der Waals surface area contributed by atoms with Crippen LogP contribution in [0.15, 0.2) is 73.3 Å². The second-order valence-electron chi connectivity index (χ2n) is 9.46. The number of imidazole rings is 1. The standard InChI is InChI=1S/C29H26FN7O/c1-16(2)9-26(38)35-21-10-19(12-33-13-21)18-5-8-24(31)22(11-18)27(32)29-36-25-15-34-14-23(28(25)37-29)17-3-6-20(30)7-4-17/h3-8,10-16,32H,9,31H2,1-2H3,(H,35,38)(H,36,37). The number of fused-ring (bicyclic) bond motifs is 1. The van der Waals surface area contributed by atoms with Crippen molar-refractivity contribution < 1.29 is 9.18 Å². The van der Waals surface area contributed by atoms with Gasteiger partial charge in [0, 0.05) is 41.2 Å². The smallest absolute Gasteiger partial charge is 0.224 e. The van der Waals surface area contributed by atoms with Crippen molar-refractivity contribution in [3.63, 3.8) is 0 Å². The highest BCUT2D eigenvalue weighted by atomic mass is 19.1. The van der Waals surface area contributed by atoms with E-state index in [2.05, 4.69) is 25.3 Å². The number of carbonyl (C=O) groups excluding carboxylic acids is 1. The lowest BCUT2D eigenvalue weighted by molar-refractivity contribution is -0.116. The largest absolute Gasteiger partial charge is 0.398 e. The molecule has 0 spiro atoms. The molecule has 0 aliphatic rings. The van der Waals surface area contributed by atoms with Crippen LogP contribution >= 0.6 is 0 Å². The van der Waals surface area contributed by atoms with Gasteiger partial charge in [-0.25, -0.2) is 9.37 Å². The quantitative estimate of drug-likeness (QED) is 0.163. The number of nitrogen functional groups attached to an aromatic ring is 1. The highest BCUT2D eigenvalue weighted by molar-refractivity contribution is 6.13. The van der Waals surface area contributed by atoms with Crippen LogP contribution in [0, 0.1) is 17.1 Å². The highest BCUT2D eigenvalue weighted by Crippen LogP contribution is 2.29. The molecule has 8 nitrogen and oxygen atoms in total. The number of pyridine rings is 2. The fourth-order valence-corrected chi connectivity index (χ4v) is 4.22. The van der Waals surface area contributed by atoms with E-state index < -0.39 is 0 Å². The van der Waals surface area contributed by atoms with Gasteiger partial charge >= 0.3 is 0 Å². The number of aromatic amines is 1. The molecular formula is C29H26FN7O. The van der Waals surface area contributed by atoms with Crippen LogP contribution in [0.1, 0.15) is 31.7 Å². The number of nitrogens with two attached hydrogens (primary N) is 1. The first-order valence-corrected chi connectivity index (χ1v) is 12.1. The average Bonchev–Trinajstić information content (AvgIpc) is 3.33. The molecule has 3 heterocycles. The van der Waals surface area contributed by atoms with Crippen molar-refractivity contribution in [2.75, 3.05) is 11.1 Å². The van der Waals surface area contributed by atoms with Gasteiger partial charge in [0.2, 0.25) is 5.91 Å². The minimum Gasteiger partial charge on any atom is -0.398 e. The molecule has 9 heteroatoms. The Morgan fingerprint density at radius 3 is 2.50 bits per heavy atom. The summed E-state index contributed by atoms with van der Waals surface area (Å²) in [5.74, 6) is 0.177. The van der Waals surface area contributed by atoms with E-state index in [0.717, 1.165) is 22.3 Å². The van der Waals surface area contributed by atoms with Crippen LogP contribution in [-0.4, -0.2) is 31.6 Å². The predicted molar refractivity (Wildman–Crippen MR) is 147 cm³/mol. The summed E-state index contributed by atoms with van der Waals surface area (Å²) in [6.45, 7) is 3.97. The van der Waals surface area contributed by atoms with Crippen molar-refractivity contribution in [1.29, 1.82) is 5.41 Å². The molecule has 5 N–H and O–H groups in total. The normalized spacial score (nSPS) is 11.2. The molecule has 0 atom stereocenters. The number of amides is 1. The van der Waals surface area contributed by atoms with Gasteiger partial charge in [-0.1, -0.05) is 32.0 Å². The molecule has 0 aliphatic heterocycles. The van der Waals surface area contributed by atoms with Gasteiger partial charge in [-0.05, 0) is 47.4 Å². The molecule has 1 amide bonds. The van der Waals surface area contributed by atoms with Crippen LogP contribution in [0.4, 0.5) is 15.8 Å². The number of H-pyrrole nitrogens is 1. The number of carbonyl (C=O) groups is 1. The minimum absolute atomic E-state index is 0.0712. The summed E-state index contributed by atoms with van der Waals surface area (Å²) >= 11 is 0. The van der Waals surface area contributed by atoms with E-state index >= 15 is 0 Å². The number of nitrogens with zero attached hydrogens (tertiary/aromatic N) is 3. The van der Waals surface area contributed by atoms with E-state index in [4.69, 9.17) is 11.1 Å². The molecule has 0 unspecified atom stereocenters. The second kappa shape index (κ2) is 10.2. The van der Waals surface area contributed by atoms with Crippen molar-refractivity contribution in [2.24, 2.45) is 5.92 Å². The molecule has 0 saturated heterocycles. The molecule has 0 fully saturated rings. The zero-order valence-corrected chi connectivity index (χ0v) is 20.9. The van der Waals surface area contributed by atoms with Crippen LogP contribution in [-0.2, 0) is 4.79 Å². The summed E-state index contributed by atoms with van der Waals surface area (Å²) in [7, 11) is 0. The highest BCUT2D eigenvalue weighted by Gasteiger charge is 2.17. The van der Waals surface area contributed by atoms with E-state index in [-0.39, 0.29) is 23.4 Å². The molecule has 5 aromatic rings. The first-order valence-electron chi connectivity index (χ1n) is 12.1. The molecule has 190 valence electrons. The van der Waals surface area contributed by atoms with Gasteiger partial charge < -0.3 is 16.0 Å². The fourth-order valence-electron chi connectivity index (χ4n) is 4.22. The van der Waals surface area contributed by atoms with Crippen LogP contribution in [0.25, 0.3) is 33.3 Å². The number of anilines is 2. The number of aromatic nitrogens is 4. The van der Waals surface area contributed by atoms with Crippen molar-refractivity contribution in [1.82, 2.24) is 19.9 Å². The lowest BCUT2D eigenvalue weighted by Gasteiger charge is -2.11. The average molecular weight is 508 g/mol. The fraction of sp³-hybridized carbons (Fsp3) is 0.138. The van der Waals surface area contributed by atoms with Gasteiger partial charge in [0.15, 0.2) is 5.82 Å². The van der Waals surface area contributed by atoms with Gasteiger partial charge in [0.25, 0.3) is 0 Å². The summed E-state index contributed by atoms with van der Waals surface area (Å²) in [6.07, 6.45) is 7.01. The Kier molecular flexibility index (Phi) is 6.66. The summed E-state index contributed by atoms with van der Waals surface area (Å²) in [4.78, 5) is 28.6. The number of benzene rings is 2. The first kappa shape index (κ1) is 24.8. The molecule has 38 heavy (non-hydrogen) atoms. The summed E-state index contributed by atoms with van der Waals surface area (Å²) in [5.41, 5.74) is 12.2. The molecular weight excluding hydrogens is 481 g/mol. The van der Waals surface area contributed by atoms with Crippen LogP contribution in [0.5, 0.6) is 0 Å². The summed E-state index contributed by atoms with van der Waals surface area (Å²) in [6, 6.07) is 13.3. The van der Waals surface area contributed by atoms with E-state index in [1.807, 2.05) is 26.0 Å². The van der Waals surface area contributed by atoms with Gasteiger partial charge in [0.1, 0.15) is 11.5 Å². The lowest BCUT2D eigenvalue weighted by Crippen LogP contribution is -2.14. The number of nitrogens with one attached hydrogen (secondary N) is 3. The molecule has 0 aliphatic carbocycles. The van der Waals surface area contributed by atoms with Crippen molar-refractivity contribution in [3.8, 4) is 22.3 Å². The topological polar surface area (TPSA) is 133 Å². The molecule has 0 saturated carbocycles. The lowest BCUT2D eigenvalue weighted by atomic mass is 10.00. The molecule has 3 aromatic heterocycles. The van der Waals surface area contributed by atoms with Crippen molar-refractivity contribution >= 4 is 34.0 Å². The first-order chi connectivity index (χ1) is 18.3.